The van der Waals surface area contributed by atoms with Crippen LogP contribution in [0.1, 0.15) is 29.2 Å². The molecule has 8 heteroatoms. The molecule has 3 amide bonds. The van der Waals surface area contributed by atoms with Gasteiger partial charge in [0.05, 0.1) is 24.6 Å². The Balaban J connectivity index is 1.44. The van der Waals surface area contributed by atoms with Crippen LogP contribution in [0.4, 0.5) is 5.69 Å². The first-order valence-corrected chi connectivity index (χ1v) is 12.4. The van der Waals surface area contributed by atoms with E-state index in [-0.39, 0.29) is 0 Å². The highest BCUT2D eigenvalue weighted by atomic mass is 35.5. The van der Waals surface area contributed by atoms with Crippen molar-refractivity contribution in [1.29, 1.82) is 0 Å². The third-order valence-electron chi connectivity index (χ3n) is 7.75. The minimum Gasteiger partial charge on any atom is -0.495 e. The molecular weight excluding hydrogens is 499 g/mol. The van der Waals surface area contributed by atoms with E-state index in [0.29, 0.717) is 11.4 Å². The monoisotopic (exact) mass is 520 g/mol. The van der Waals surface area contributed by atoms with Crippen LogP contribution < -0.4 is 10.1 Å². The van der Waals surface area contributed by atoms with Gasteiger partial charge >= 0.3 is 0 Å². The second-order valence-electron chi connectivity index (χ2n) is 9.38. The molecule has 182 valence electrons. The lowest BCUT2D eigenvalue weighted by molar-refractivity contribution is -0.146. The molecule has 0 spiro atoms. The predicted molar refractivity (Wildman–Crippen MR) is 136 cm³/mol. The van der Waals surface area contributed by atoms with Crippen LogP contribution in [0.2, 0.25) is 0 Å². The molecule has 3 aliphatic carbocycles. The molecule has 1 saturated heterocycles. The van der Waals surface area contributed by atoms with E-state index in [1.165, 1.54) is 14.0 Å². The van der Waals surface area contributed by atoms with E-state index >= 15 is 0 Å². The van der Waals surface area contributed by atoms with Crippen molar-refractivity contribution < 1.29 is 19.1 Å². The van der Waals surface area contributed by atoms with Crippen molar-refractivity contribution in [1.82, 2.24) is 4.90 Å². The number of anilines is 1. The van der Waals surface area contributed by atoms with Gasteiger partial charge in [0.1, 0.15) is 21.5 Å². The number of carbonyl (C=O) groups excluding carboxylic acids is 3. The number of ether oxygens (including phenoxy) is 1. The highest BCUT2D eigenvalue weighted by Crippen LogP contribution is 2.69. The number of imide groups is 1. The minimum atomic E-state index is -1.28. The molecule has 2 bridgehead atoms. The number of carbonyl (C=O) groups is 3. The van der Waals surface area contributed by atoms with Crippen molar-refractivity contribution in [3.63, 3.8) is 0 Å². The first-order chi connectivity index (χ1) is 17.3. The average molecular weight is 521 g/mol. The fourth-order valence-corrected chi connectivity index (χ4v) is 7.27. The van der Waals surface area contributed by atoms with E-state index in [2.05, 4.69) is 5.32 Å². The highest BCUT2D eigenvalue weighted by Gasteiger charge is 2.73. The molecule has 1 aliphatic heterocycles. The number of hydrogen-bond acceptors (Lipinski definition) is 4. The largest absolute Gasteiger partial charge is 0.495 e. The second-order valence-corrected chi connectivity index (χ2v) is 10.6. The van der Waals surface area contributed by atoms with Crippen LogP contribution in [-0.2, 0) is 24.1 Å². The fraction of sp³-hybridized carbons (Fsp3) is 0.250. The summed E-state index contributed by atoms with van der Waals surface area (Å²) in [4.78, 5) is 39.7. The summed E-state index contributed by atoms with van der Waals surface area (Å²) in [6, 6.07) is 20.7. The molecule has 7 rings (SSSR count). The quantitative estimate of drug-likeness (QED) is 0.402. The molecule has 3 atom stereocenters. The van der Waals surface area contributed by atoms with Crippen molar-refractivity contribution in [2.24, 2.45) is 11.8 Å². The number of para-hydroxylation sites is 2. The number of rotatable bonds is 4. The summed E-state index contributed by atoms with van der Waals surface area (Å²) in [6.07, 6.45) is 0. The SMILES string of the molecule is COc1ccccc1NC(=O)[C@@H](C)N1C(=O)[C@@H]2[C@H](C1=O)C1(Cl)c3ccccc3C2(Cl)c2ccccc21. The fourth-order valence-electron chi connectivity index (χ4n) is 6.17. The molecule has 3 aromatic carbocycles. The summed E-state index contributed by atoms with van der Waals surface area (Å²) >= 11 is 14.9. The van der Waals surface area contributed by atoms with Crippen molar-refractivity contribution in [2.45, 2.75) is 22.7 Å². The zero-order valence-corrected chi connectivity index (χ0v) is 21.0. The Bertz CT molecular complexity index is 1330. The van der Waals surface area contributed by atoms with E-state index in [4.69, 9.17) is 27.9 Å². The molecule has 36 heavy (non-hydrogen) atoms. The Morgan fingerprint density at radius 1 is 0.833 bits per heavy atom. The Labute approximate surface area is 218 Å². The summed E-state index contributed by atoms with van der Waals surface area (Å²) in [5, 5.41) is 2.78. The maximum absolute atomic E-state index is 14.0. The minimum absolute atomic E-state index is 0.441. The van der Waals surface area contributed by atoms with E-state index in [0.717, 1.165) is 27.2 Å². The average Bonchev–Trinajstić information content (AvgIpc) is 3.18. The van der Waals surface area contributed by atoms with Gasteiger partial charge in [-0.3, -0.25) is 19.3 Å². The maximum Gasteiger partial charge on any atom is 0.247 e. The zero-order chi connectivity index (χ0) is 25.4. The number of nitrogens with one attached hydrogen (secondary N) is 1. The van der Waals surface area contributed by atoms with Gasteiger partial charge in [-0.1, -0.05) is 60.7 Å². The molecule has 3 aromatic rings. The van der Waals surface area contributed by atoms with Gasteiger partial charge in [-0.25, -0.2) is 0 Å². The molecule has 6 nitrogen and oxygen atoms in total. The summed E-state index contributed by atoms with van der Waals surface area (Å²) in [5.74, 6) is -2.96. The number of benzene rings is 3. The molecule has 1 heterocycles. The molecule has 0 saturated carbocycles. The topological polar surface area (TPSA) is 75.7 Å². The number of likely N-dealkylation sites (tertiary alicyclic amines) is 1. The number of nitrogens with zero attached hydrogens (tertiary/aromatic N) is 1. The van der Waals surface area contributed by atoms with Crippen LogP contribution in [0.25, 0.3) is 0 Å². The lowest BCUT2D eigenvalue weighted by Gasteiger charge is -2.54. The van der Waals surface area contributed by atoms with E-state index in [1.54, 1.807) is 24.3 Å². The highest BCUT2D eigenvalue weighted by molar-refractivity contribution is 6.36. The van der Waals surface area contributed by atoms with Crippen molar-refractivity contribution in [3.05, 3.63) is 95.1 Å². The van der Waals surface area contributed by atoms with Gasteiger partial charge in [-0.05, 0) is 41.3 Å². The van der Waals surface area contributed by atoms with E-state index < -0.39 is 45.3 Å². The van der Waals surface area contributed by atoms with Gasteiger partial charge in [0.25, 0.3) is 0 Å². The van der Waals surface area contributed by atoms with Crippen LogP contribution >= 0.6 is 23.2 Å². The normalized spacial score (nSPS) is 28.3. The van der Waals surface area contributed by atoms with Crippen LogP contribution in [0.15, 0.2) is 72.8 Å². The van der Waals surface area contributed by atoms with Crippen LogP contribution in [0.5, 0.6) is 5.75 Å². The lowest BCUT2D eigenvalue weighted by atomic mass is 9.54. The first kappa shape index (κ1) is 23.1. The Kier molecular flexibility index (Phi) is 5.01. The maximum atomic E-state index is 14.0. The van der Waals surface area contributed by atoms with Crippen molar-refractivity contribution in [3.8, 4) is 5.75 Å². The molecule has 0 unspecified atom stereocenters. The number of halogens is 2. The standard InChI is InChI=1S/C28H22Cl2N2O4/c1-15(24(33)31-20-13-7-8-14-21(20)36-2)32-25(34)22-23(26(32)35)28(30)17-10-4-3-9-16(17)27(22,29)18-11-5-6-12-19(18)28/h3-15,22-23H,1-2H3,(H,31,33)/t15-,22-,23+,27?,28?/m1/s1. The molecular formula is C28H22Cl2N2O4. The van der Waals surface area contributed by atoms with Gasteiger partial charge in [-0.15, -0.1) is 23.2 Å². The van der Waals surface area contributed by atoms with Gasteiger partial charge < -0.3 is 10.1 Å². The van der Waals surface area contributed by atoms with Crippen LogP contribution in [-0.4, -0.2) is 35.8 Å². The number of methoxy groups -OCH3 is 1. The number of hydrogen-bond donors (Lipinski definition) is 1. The lowest BCUT2D eigenvalue weighted by Crippen LogP contribution is -2.57. The van der Waals surface area contributed by atoms with Gasteiger partial charge in [0.15, 0.2) is 0 Å². The third kappa shape index (κ3) is 2.71. The molecule has 0 aromatic heterocycles. The number of alkyl halides is 2. The summed E-state index contributed by atoms with van der Waals surface area (Å²) in [7, 11) is 1.50. The van der Waals surface area contributed by atoms with Crippen LogP contribution in [0.3, 0.4) is 0 Å². The van der Waals surface area contributed by atoms with E-state index in [9.17, 15) is 14.4 Å². The molecule has 1 fully saturated rings. The summed E-state index contributed by atoms with van der Waals surface area (Å²) < 4.78 is 5.31. The van der Waals surface area contributed by atoms with Gasteiger partial charge in [0.2, 0.25) is 17.7 Å². The summed E-state index contributed by atoms with van der Waals surface area (Å²) in [5.41, 5.74) is 3.31. The Hall–Kier alpha value is -3.35. The predicted octanol–water partition coefficient (Wildman–Crippen LogP) is 4.62. The van der Waals surface area contributed by atoms with Crippen molar-refractivity contribution in [2.75, 3.05) is 12.4 Å². The van der Waals surface area contributed by atoms with Crippen LogP contribution in [0, 0.1) is 11.8 Å². The van der Waals surface area contributed by atoms with Gasteiger partial charge in [0, 0.05) is 0 Å². The first-order valence-electron chi connectivity index (χ1n) is 11.6. The zero-order valence-electron chi connectivity index (χ0n) is 19.5. The molecule has 0 radical (unpaired) electrons. The molecule has 4 aliphatic rings. The summed E-state index contributed by atoms with van der Waals surface area (Å²) in [6.45, 7) is 1.53. The Morgan fingerprint density at radius 2 is 1.25 bits per heavy atom. The third-order valence-corrected chi connectivity index (χ3v) is 9.04. The smallest absolute Gasteiger partial charge is 0.247 e. The molecule has 1 N–H and O–H groups in total. The second kappa shape index (κ2) is 7.82. The van der Waals surface area contributed by atoms with E-state index in [1.807, 2.05) is 48.5 Å². The number of amides is 3. The van der Waals surface area contributed by atoms with Gasteiger partial charge in [-0.2, -0.15) is 0 Å². The van der Waals surface area contributed by atoms with Crippen molar-refractivity contribution >= 4 is 46.6 Å². The Morgan fingerprint density at radius 3 is 1.69 bits per heavy atom.